The van der Waals surface area contributed by atoms with E-state index < -0.39 is 0 Å². The molecule has 0 amide bonds. The van der Waals surface area contributed by atoms with Gasteiger partial charge in [-0.15, -0.1) is 16.4 Å². The maximum atomic E-state index is 10.9. The number of piperazine rings is 1. The van der Waals surface area contributed by atoms with E-state index >= 15 is 0 Å². The number of rotatable bonds is 6. The van der Waals surface area contributed by atoms with Crippen LogP contribution in [0.4, 0.5) is 0 Å². The van der Waals surface area contributed by atoms with Gasteiger partial charge < -0.3 is 20.0 Å². The lowest BCUT2D eigenvalue weighted by molar-refractivity contribution is -1.02. The Balaban J connectivity index is 1.67. The molecule has 0 aliphatic carbocycles. The van der Waals surface area contributed by atoms with Gasteiger partial charge in [0.1, 0.15) is 37.6 Å². The first kappa shape index (κ1) is 17.9. The summed E-state index contributed by atoms with van der Waals surface area (Å²) in [6.45, 7) is 7.20. The predicted octanol–water partition coefficient (Wildman–Crippen LogP) is -1.01. The van der Waals surface area contributed by atoms with Crippen LogP contribution >= 0.6 is 22.7 Å². The van der Waals surface area contributed by atoms with E-state index in [2.05, 4.69) is 27.6 Å². The molecule has 1 aliphatic heterocycles. The lowest BCUT2D eigenvalue weighted by atomic mass is 10.1. The van der Waals surface area contributed by atoms with Crippen molar-refractivity contribution >= 4 is 27.6 Å². The largest absolute Gasteiger partial charge is 0.492 e. The third-order valence-electron chi connectivity index (χ3n) is 5.12. The van der Waals surface area contributed by atoms with Crippen molar-refractivity contribution in [3.05, 3.63) is 33.1 Å². The van der Waals surface area contributed by atoms with Crippen LogP contribution in [0.1, 0.15) is 28.5 Å². The molecule has 0 unspecified atom stereocenters. The van der Waals surface area contributed by atoms with Crippen LogP contribution in [-0.2, 0) is 6.42 Å². The summed E-state index contributed by atoms with van der Waals surface area (Å²) in [7, 11) is 0. The van der Waals surface area contributed by atoms with Gasteiger partial charge in [-0.25, -0.2) is 4.98 Å². The highest BCUT2D eigenvalue weighted by Crippen LogP contribution is 2.36. The Bertz CT molecular complexity index is 852. The number of aryl methyl sites for hydroxylation is 1. The SMILES string of the molecule is CCc1nc2sc([C@H](c3cccs3)[NH+]3CC[NH+](CCO)CC3)c(O)n2n1. The van der Waals surface area contributed by atoms with Crippen LogP contribution in [0.5, 0.6) is 5.88 Å². The molecule has 3 aromatic rings. The minimum Gasteiger partial charge on any atom is -0.492 e. The zero-order chi connectivity index (χ0) is 18.1. The van der Waals surface area contributed by atoms with Crippen LogP contribution < -0.4 is 9.80 Å². The topological polar surface area (TPSA) is 79.5 Å². The number of aliphatic hydroxyl groups is 1. The molecule has 4 rings (SSSR count). The molecule has 1 aliphatic rings. The summed E-state index contributed by atoms with van der Waals surface area (Å²) in [5.41, 5.74) is 0. The van der Waals surface area contributed by atoms with Crippen molar-refractivity contribution in [1.82, 2.24) is 14.6 Å². The Morgan fingerprint density at radius 1 is 1.31 bits per heavy atom. The zero-order valence-corrected chi connectivity index (χ0v) is 16.4. The maximum Gasteiger partial charge on any atom is 0.235 e. The molecule has 1 atom stereocenters. The summed E-state index contributed by atoms with van der Waals surface area (Å²) in [4.78, 5) is 10.4. The van der Waals surface area contributed by atoms with Crippen molar-refractivity contribution < 1.29 is 20.0 Å². The van der Waals surface area contributed by atoms with Gasteiger partial charge in [-0.2, -0.15) is 4.52 Å². The van der Waals surface area contributed by atoms with Crippen molar-refractivity contribution in [2.24, 2.45) is 0 Å². The molecule has 0 spiro atoms. The van der Waals surface area contributed by atoms with E-state index in [1.54, 1.807) is 27.2 Å². The minimum atomic E-state index is 0.115. The Kier molecular flexibility index (Phi) is 5.23. The molecule has 26 heavy (non-hydrogen) atoms. The average Bonchev–Trinajstić information content (AvgIpc) is 3.37. The smallest absolute Gasteiger partial charge is 0.235 e. The summed E-state index contributed by atoms with van der Waals surface area (Å²) < 4.78 is 1.59. The second kappa shape index (κ2) is 7.61. The van der Waals surface area contributed by atoms with Gasteiger partial charge in [0.15, 0.2) is 11.9 Å². The summed E-state index contributed by atoms with van der Waals surface area (Å²) in [6.07, 6.45) is 0.762. The predicted molar refractivity (Wildman–Crippen MR) is 101 cm³/mol. The molecule has 0 bridgehead atoms. The fourth-order valence-electron chi connectivity index (χ4n) is 3.72. The molecular formula is C17H25N5O2S2+2. The van der Waals surface area contributed by atoms with Crippen molar-refractivity contribution in [3.63, 3.8) is 0 Å². The van der Waals surface area contributed by atoms with Gasteiger partial charge >= 0.3 is 0 Å². The van der Waals surface area contributed by atoms with Gasteiger partial charge in [-0.1, -0.05) is 24.3 Å². The summed E-state index contributed by atoms with van der Waals surface area (Å²) in [6, 6.07) is 4.34. The van der Waals surface area contributed by atoms with E-state index in [4.69, 9.17) is 0 Å². The first-order chi connectivity index (χ1) is 12.7. The van der Waals surface area contributed by atoms with Crippen molar-refractivity contribution in [1.29, 1.82) is 0 Å². The molecule has 9 heteroatoms. The van der Waals surface area contributed by atoms with E-state index in [9.17, 15) is 10.2 Å². The highest BCUT2D eigenvalue weighted by Gasteiger charge is 2.36. The first-order valence-corrected chi connectivity index (χ1v) is 10.8. The van der Waals surface area contributed by atoms with Crippen LogP contribution in [0.15, 0.2) is 17.5 Å². The lowest BCUT2D eigenvalue weighted by Crippen LogP contribution is -3.28. The molecule has 1 fully saturated rings. The van der Waals surface area contributed by atoms with Crippen LogP contribution in [0.25, 0.3) is 4.96 Å². The number of nitrogens with zero attached hydrogens (tertiary/aromatic N) is 3. The van der Waals surface area contributed by atoms with E-state index in [1.165, 1.54) is 14.7 Å². The Morgan fingerprint density at radius 3 is 2.73 bits per heavy atom. The van der Waals surface area contributed by atoms with Crippen molar-refractivity contribution in [2.75, 3.05) is 39.3 Å². The monoisotopic (exact) mass is 395 g/mol. The highest BCUT2D eigenvalue weighted by atomic mass is 32.1. The molecule has 0 aromatic carbocycles. The molecule has 140 valence electrons. The summed E-state index contributed by atoms with van der Waals surface area (Å²) >= 11 is 3.29. The number of thiophene rings is 1. The molecule has 4 N–H and O–H groups in total. The van der Waals surface area contributed by atoms with Crippen LogP contribution in [0, 0.1) is 0 Å². The first-order valence-electron chi connectivity index (χ1n) is 9.11. The Hall–Kier alpha value is -1.52. The van der Waals surface area contributed by atoms with Crippen molar-refractivity contribution in [3.8, 4) is 5.88 Å². The second-order valence-electron chi connectivity index (χ2n) is 6.70. The number of aliphatic hydroxyl groups excluding tert-OH is 1. The highest BCUT2D eigenvalue weighted by molar-refractivity contribution is 7.17. The van der Waals surface area contributed by atoms with Crippen molar-refractivity contribution in [2.45, 2.75) is 19.4 Å². The Morgan fingerprint density at radius 2 is 2.12 bits per heavy atom. The van der Waals surface area contributed by atoms with Crippen LogP contribution in [0.2, 0.25) is 0 Å². The number of aromatic nitrogens is 3. The molecular weight excluding hydrogens is 370 g/mol. The summed E-state index contributed by atoms with van der Waals surface area (Å²) in [5.74, 6) is 0.993. The number of hydrogen-bond acceptors (Lipinski definition) is 6. The number of thiazole rings is 1. The average molecular weight is 396 g/mol. The normalized spacial score (nSPS) is 22.1. The van der Waals surface area contributed by atoms with Crippen LogP contribution in [-0.4, -0.2) is 64.1 Å². The molecule has 1 saturated heterocycles. The molecule has 0 saturated carbocycles. The van der Waals surface area contributed by atoms with Gasteiger partial charge in [-0.3, -0.25) is 0 Å². The fourth-order valence-corrected chi connectivity index (χ4v) is 5.84. The maximum absolute atomic E-state index is 10.9. The number of fused-ring (bicyclic) bond motifs is 1. The second-order valence-corrected chi connectivity index (χ2v) is 8.68. The Labute approximate surface area is 160 Å². The molecule has 0 radical (unpaired) electrons. The molecule has 7 nitrogen and oxygen atoms in total. The molecule has 3 aromatic heterocycles. The minimum absolute atomic E-state index is 0.115. The van der Waals surface area contributed by atoms with E-state index in [1.807, 2.05) is 6.92 Å². The number of quaternary nitrogens is 2. The number of nitrogens with one attached hydrogen (secondary N) is 2. The van der Waals surface area contributed by atoms with Gasteiger partial charge in [-0.05, 0) is 11.4 Å². The third-order valence-corrected chi connectivity index (χ3v) is 7.14. The molecule has 4 heterocycles. The standard InChI is InChI=1S/C17H23N5O2S2/c1-2-13-18-17-22(19-13)16(24)15(26-17)14(12-4-3-11-25-12)21-7-5-20(6-8-21)9-10-23/h3-4,11,14,23-24H,2,5-10H2,1H3/p+2/t14-/m0/s1. The van der Waals surface area contributed by atoms with Gasteiger partial charge in [0, 0.05) is 6.42 Å². The van der Waals surface area contributed by atoms with E-state index in [-0.39, 0.29) is 18.5 Å². The quantitative estimate of drug-likeness (QED) is 0.431. The van der Waals surface area contributed by atoms with E-state index in [0.717, 1.165) is 54.8 Å². The fraction of sp³-hybridized carbons (Fsp3) is 0.529. The van der Waals surface area contributed by atoms with Gasteiger partial charge in [0.2, 0.25) is 10.8 Å². The lowest BCUT2D eigenvalue weighted by Gasteiger charge is -2.33. The summed E-state index contributed by atoms with van der Waals surface area (Å²) in [5, 5.41) is 26.6. The van der Waals surface area contributed by atoms with Gasteiger partial charge in [0.25, 0.3) is 0 Å². The van der Waals surface area contributed by atoms with Gasteiger partial charge in [0.05, 0.1) is 11.5 Å². The third kappa shape index (κ3) is 3.25. The number of aromatic hydroxyl groups is 1. The van der Waals surface area contributed by atoms with E-state index in [0.29, 0.717) is 0 Å². The van der Waals surface area contributed by atoms with Crippen LogP contribution in [0.3, 0.4) is 0 Å². The zero-order valence-electron chi connectivity index (χ0n) is 14.8. The number of hydrogen-bond donors (Lipinski definition) is 4.